The van der Waals surface area contributed by atoms with E-state index in [0.717, 1.165) is 17.7 Å². The van der Waals surface area contributed by atoms with Crippen LogP contribution in [0.5, 0.6) is 0 Å². The van der Waals surface area contributed by atoms with Gasteiger partial charge in [-0.05, 0) is 24.5 Å². The van der Waals surface area contributed by atoms with Gasteiger partial charge in [0.1, 0.15) is 13.7 Å². The molecular formula is C28H28N2O4. The van der Waals surface area contributed by atoms with Crippen LogP contribution in [0, 0.1) is 0 Å². The highest BCUT2D eigenvalue weighted by molar-refractivity contribution is 6.43. The summed E-state index contributed by atoms with van der Waals surface area (Å²) >= 11 is 0. The largest absolute Gasteiger partial charge is 0.464 e. The first kappa shape index (κ1) is 23.2. The van der Waals surface area contributed by atoms with Crippen LogP contribution in [0.3, 0.4) is 0 Å². The zero-order valence-electron chi connectivity index (χ0n) is 19.6. The molecule has 0 amide bonds. The lowest BCUT2D eigenvalue weighted by atomic mass is 9.87. The van der Waals surface area contributed by atoms with Gasteiger partial charge in [-0.15, -0.1) is 0 Å². The number of carbonyl (C=O) groups excluding carboxylic acids is 1. The standard InChI is InChI=1S/C28H28N2O4/c1-20(28(23-15-8-5-9-16-23)18-25(28)21-12-6-4-7-13-21)29-34-19-22-14-10-11-17-24(22)26(30-33-3)27(31)32-2/h4-17,25H,18-19H2,1-3H3/b29-20?,30-26+. The average Bonchev–Trinajstić information content (AvgIpc) is 3.65. The number of carbonyl (C=O) groups is 1. The molecule has 1 saturated carbocycles. The van der Waals surface area contributed by atoms with Crippen LogP contribution in [-0.4, -0.2) is 31.6 Å². The highest BCUT2D eigenvalue weighted by Gasteiger charge is 2.58. The van der Waals surface area contributed by atoms with Gasteiger partial charge in [0, 0.05) is 22.5 Å². The van der Waals surface area contributed by atoms with Crippen LogP contribution in [0.1, 0.15) is 41.5 Å². The Bertz CT molecular complexity index is 1190. The molecule has 0 spiro atoms. The van der Waals surface area contributed by atoms with E-state index in [1.54, 1.807) is 6.07 Å². The topological polar surface area (TPSA) is 69.5 Å². The predicted molar refractivity (Wildman–Crippen MR) is 132 cm³/mol. The van der Waals surface area contributed by atoms with Crippen molar-refractivity contribution in [2.75, 3.05) is 14.2 Å². The van der Waals surface area contributed by atoms with Crippen molar-refractivity contribution in [3.8, 4) is 0 Å². The third-order valence-corrected chi connectivity index (χ3v) is 6.35. The van der Waals surface area contributed by atoms with E-state index >= 15 is 0 Å². The van der Waals surface area contributed by atoms with Gasteiger partial charge in [0.05, 0.1) is 12.8 Å². The smallest absolute Gasteiger partial charge is 0.360 e. The molecule has 3 aromatic carbocycles. The second-order valence-corrected chi connectivity index (χ2v) is 8.23. The lowest BCUT2D eigenvalue weighted by Gasteiger charge is -2.18. The molecule has 0 heterocycles. The highest BCUT2D eigenvalue weighted by atomic mass is 16.6. The minimum absolute atomic E-state index is 0.0805. The summed E-state index contributed by atoms with van der Waals surface area (Å²) in [6, 6.07) is 28.3. The zero-order chi connectivity index (χ0) is 24.0. The molecule has 6 heteroatoms. The number of methoxy groups -OCH3 is 1. The van der Waals surface area contributed by atoms with Crippen LogP contribution in [0.25, 0.3) is 0 Å². The first-order valence-corrected chi connectivity index (χ1v) is 11.2. The van der Waals surface area contributed by atoms with Crippen LogP contribution < -0.4 is 0 Å². The van der Waals surface area contributed by atoms with E-state index < -0.39 is 5.97 Å². The number of esters is 1. The molecule has 1 aliphatic rings. The first-order chi connectivity index (χ1) is 16.6. The number of ether oxygens (including phenoxy) is 1. The van der Waals surface area contributed by atoms with E-state index in [2.05, 4.69) is 58.8 Å². The molecule has 3 aromatic rings. The van der Waals surface area contributed by atoms with Gasteiger partial charge in [0.15, 0.2) is 5.71 Å². The van der Waals surface area contributed by atoms with Gasteiger partial charge in [0.2, 0.25) is 0 Å². The van der Waals surface area contributed by atoms with Gasteiger partial charge in [0.25, 0.3) is 0 Å². The molecule has 0 aromatic heterocycles. The summed E-state index contributed by atoms with van der Waals surface area (Å²) in [6.45, 7) is 2.20. The Labute approximate surface area is 199 Å². The van der Waals surface area contributed by atoms with Crippen LogP contribution in [0.15, 0.2) is 95.2 Å². The maximum Gasteiger partial charge on any atom is 0.360 e. The number of oxime groups is 2. The van der Waals surface area contributed by atoms with Gasteiger partial charge in [-0.2, -0.15) is 0 Å². The molecule has 0 N–H and O–H groups in total. The van der Waals surface area contributed by atoms with Gasteiger partial charge in [-0.25, -0.2) is 4.79 Å². The summed E-state index contributed by atoms with van der Waals surface area (Å²) in [7, 11) is 2.69. The number of rotatable bonds is 9. The Morgan fingerprint density at radius 3 is 2.24 bits per heavy atom. The highest BCUT2D eigenvalue weighted by Crippen LogP contribution is 2.61. The molecular weight excluding hydrogens is 428 g/mol. The van der Waals surface area contributed by atoms with Gasteiger partial charge < -0.3 is 14.4 Å². The molecule has 0 aliphatic heterocycles. The normalized spacial score (nSPS) is 19.9. The third kappa shape index (κ3) is 4.57. The van der Waals surface area contributed by atoms with Crippen LogP contribution in [0.2, 0.25) is 0 Å². The SMILES string of the molecule is CO/N=C(/C(=O)OC)c1ccccc1CON=C(C)C1(c2ccccc2)CC1c1ccccc1. The van der Waals surface area contributed by atoms with Crippen molar-refractivity contribution in [2.45, 2.75) is 31.3 Å². The molecule has 0 saturated heterocycles. The van der Waals surface area contributed by atoms with Crippen molar-refractivity contribution in [3.05, 3.63) is 107 Å². The average molecular weight is 457 g/mol. The summed E-state index contributed by atoms with van der Waals surface area (Å²) in [6.07, 6.45) is 0.975. The fraction of sp³-hybridized carbons (Fsp3) is 0.250. The maximum atomic E-state index is 12.2. The Hall–Kier alpha value is -3.93. The molecule has 34 heavy (non-hydrogen) atoms. The van der Waals surface area contributed by atoms with Crippen LogP contribution in [-0.2, 0) is 31.2 Å². The van der Waals surface area contributed by atoms with Crippen LogP contribution >= 0.6 is 0 Å². The quantitative estimate of drug-likeness (QED) is 0.251. The second kappa shape index (κ2) is 10.3. The Morgan fingerprint density at radius 2 is 1.56 bits per heavy atom. The van der Waals surface area contributed by atoms with Crippen molar-refractivity contribution in [2.24, 2.45) is 10.3 Å². The lowest BCUT2D eigenvalue weighted by molar-refractivity contribution is -0.132. The summed E-state index contributed by atoms with van der Waals surface area (Å²) < 4.78 is 4.85. The van der Waals surface area contributed by atoms with E-state index in [4.69, 9.17) is 14.4 Å². The van der Waals surface area contributed by atoms with E-state index in [0.29, 0.717) is 11.5 Å². The monoisotopic (exact) mass is 456 g/mol. The second-order valence-electron chi connectivity index (χ2n) is 8.23. The number of nitrogens with zero attached hydrogens (tertiary/aromatic N) is 2. The third-order valence-electron chi connectivity index (χ3n) is 6.35. The predicted octanol–water partition coefficient (Wildman–Crippen LogP) is 5.23. The molecule has 2 unspecified atom stereocenters. The summed E-state index contributed by atoms with van der Waals surface area (Å²) in [5.74, 6) is -0.240. The first-order valence-electron chi connectivity index (χ1n) is 11.2. The molecule has 6 nitrogen and oxygen atoms in total. The van der Waals surface area contributed by atoms with Crippen molar-refractivity contribution in [3.63, 3.8) is 0 Å². The Kier molecular flexibility index (Phi) is 7.07. The Morgan fingerprint density at radius 1 is 0.912 bits per heavy atom. The van der Waals surface area contributed by atoms with Gasteiger partial charge in [-0.3, -0.25) is 0 Å². The molecule has 0 bridgehead atoms. The fourth-order valence-electron chi connectivity index (χ4n) is 4.56. The molecule has 174 valence electrons. The van der Waals surface area contributed by atoms with Crippen molar-refractivity contribution < 1.29 is 19.2 Å². The van der Waals surface area contributed by atoms with E-state index in [1.807, 2.05) is 37.3 Å². The number of hydrogen-bond acceptors (Lipinski definition) is 6. The minimum Gasteiger partial charge on any atom is -0.464 e. The van der Waals surface area contributed by atoms with E-state index in [1.165, 1.54) is 25.3 Å². The lowest BCUT2D eigenvalue weighted by Crippen LogP contribution is -2.21. The molecule has 1 aliphatic carbocycles. The van der Waals surface area contributed by atoms with E-state index in [-0.39, 0.29) is 17.7 Å². The van der Waals surface area contributed by atoms with Crippen molar-refractivity contribution >= 4 is 17.4 Å². The summed E-state index contributed by atoms with van der Waals surface area (Å²) in [4.78, 5) is 22.9. The van der Waals surface area contributed by atoms with Crippen LogP contribution in [0.4, 0.5) is 0 Å². The van der Waals surface area contributed by atoms with Gasteiger partial charge >= 0.3 is 5.97 Å². The summed E-state index contributed by atoms with van der Waals surface area (Å²) in [5, 5.41) is 8.40. The minimum atomic E-state index is -0.583. The molecule has 2 atom stereocenters. The summed E-state index contributed by atoms with van der Waals surface area (Å²) in [5.41, 5.74) is 4.66. The fourth-order valence-corrected chi connectivity index (χ4v) is 4.56. The van der Waals surface area contributed by atoms with E-state index in [9.17, 15) is 4.79 Å². The maximum absolute atomic E-state index is 12.2. The number of hydrogen-bond donors (Lipinski definition) is 0. The molecule has 0 radical (unpaired) electrons. The number of benzene rings is 3. The Balaban J connectivity index is 1.59. The molecule has 4 rings (SSSR count). The molecule has 1 fully saturated rings. The van der Waals surface area contributed by atoms with Crippen molar-refractivity contribution in [1.82, 2.24) is 0 Å². The zero-order valence-corrected chi connectivity index (χ0v) is 19.6. The van der Waals surface area contributed by atoms with Gasteiger partial charge in [-0.1, -0.05) is 95.2 Å². The van der Waals surface area contributed by atoms with Crippen molar-refractivity contribution in [1.29, 1.82) is 0 Å².